The van der Waals surface area contributed by atoms with Gasteiger partial charge in [-0.1, -0.05) is 50.5 Å². The van der Waals surface area contributed by atoms with Gasteiger partial charge in [0.25, 0.3) is 0 Å². The van der Waals surface area contributed by atoms with Crippen LogP contribution in [0, 0.1) is 0 Å². The van der Waals surface area contributed by atoms with Crippen molar-refractivity contribution in [2.45, 2.75) is 64.3 Å². The summed E-state index contributed by atoms with van der Waals surface area (Å²) in [5.41, 5.74) is 13.4. The van der Waals surface area contributed by atoms with Crippen LogP contribution in [0.15, 0.2) is 36.4 Å². The molecule has 0 bridgehead atoms. The molecule has 3 aliphatic rings. The highest BCUT2D eigenvalue weighted by Gasteiger charge is 2.32. The standard InChI is InChI=1S/C26H28N2O2.C2H7N/c29-26(30)19-11-12-20-22(16-19)28-15-14-27-13-5-9-18-8-4-10-21(24(18)27)25(28)23(20)17-6-2-1-3-7-17;1-2-3/h4,8,10-12,16-17H,1-3,5-7,9,13-15H2,(H,29,30);2-3H2,1H3. The third kappa shape index (κ3) is 3.82. The minimum Gasteiger partial charge on any atom is -0.478 e. The third-order valence-electron chi connectivity index (χ3n) is 7.52. The molecule has 2 aromatic carbocycles. The number of nitrogens with two attached hydrogens (primary N) is 1. The molecule has 1 fully saturated rings. The second kappa shape index (κ2) is 9.22. The summed E-state index contributed by atoms with van der Waals surface area (Å²) in [7, 11) is 0. The van der Waals surface area contributed by atoms with Gasteiger partial charge < -0.3 is 20.3 Å². The van der Waals surface area contributed by atoms with E-state index in [1.165, 1.54) is 72.0 Å². The molecule has 0 amide bonds. The van der Waals surface area contributed by atoms with Crippen molar-refractivity contribution >= 4 is 22.6 Å². The van der Waals surface area contributed by atoms with Crippen molar-refractivity contribution in [3.8, 4) is 11.3 Å². The molecule has 0 atom stereocenters. The number of fused-ring (bicyclic) bond motifs is 4. The Balaban J connectivity index is 0.000000724. The van der Waals surface area contributed by atoms with Crippen LogP contribution in [0.2, 0.25) is 0 Å². The van der Waals surface area contributed by atoms with E-state index in [1.807, 2.05) is 13.0 Å². The number of rotatable bonds is 2. The van der Waals surface area contributed by atoms with Crippen LogP contribution in [-0.2, 0) is 13.0 Å². The van der Waals surface area contributed by atoms with Crippen molar-refractivity contribution in [1.82, 2.24) is 4.57 Å². The summed E-state index contributed by atoms with van der Waals surface area (Å²) in [5.74, 6) is -0.276. The van der Waals surface area contributed by atoms with Gasteiger partial charge in [-0.05, 0) is 61.4 Å². The topological polar surface area (TPSA) is 71.5 Å². The van der Waals surface area contributed by atoms with Crippen LogP contribution < -0.4 is 10.6 Å². The molecule has 0 unspecified atom stereocenters. The molecular formula is C28H35N3O2. The Labute approximate surface area is 196 Å². The number of carbonyl (C=O) groups is 1. The zero-order chi connectivity index (χ0) is 22.9. The number of carboxylic acid groups (broad SMARTS) is 1. The summed E-state index contributed by atoms with van der Waals surface area (Å²) < 4.78 is 2.44. The SMILES string of the molecule is CCN.O=C(O)c1ccc2c(C3CCCCC3)c3n(c2c1)CCN1CCCc2cccc-3c21. The molecule has 5 heteroatoms. The Morgan fingerprint density at radius 2 is 1.85 bits per heavy atom. The van der Waals surface area contributed by atoms with E-state index in [9.17, 15) is 9.90 Å². The molecule has 174 valence electrons. The number of carboxylic acids is 1. The first-order valence-corrected chi connectivity index (χ1v) is 12.6. The number of benzene rings is 2. The summed E-state index contributed by atoms with van der Waals surface area (Å²) in [5, 5.41) is 10.9. The molecule has 0 saturated heterocycles. The monoisotopic (exact) mass is 445 g/mol. The van der Waals surface area contributed by atoms with Crippen molar-refractivity contribution in [3.63, 3.8) is 0 Å². The van der Waals surface area contributed by atoms with Gasteiger partial charge in [0, 0.05) is 41.8 Å². The zero-order valence-electron chi connectivity index (χ0n) is 19.6. The van der Waals surface area contributed by atoms with Gasteiger partial charge in [-0.3, -0.25) is 0 Å². The Hall–Kier alpha value is -2.79. The minimum atomic E-state index is -0.845. The van der Waals surface area contributed by atoms with Gasteiger partial charge in [-0.2, -0.15) is 0 Å². The summed E-state index contributed by atoms with van der Waals surface area (Å²) in [6, 6.07) is 12.6. The van der Waals surface area contributed by atoms with Crippen molar-refractivity contribution in [1.29, 1.82) is 0 Å². The van der Waals surface area contributed by atoms with E-state index in [0.29, 0.717) is 11.5 Å². The molecule has 3 N–H and O–H groups in total. The highest BCUT2D eigenvalue weighted by Crippen LogP contribution is 2.48. The molecule has 6 rings (SSSR count). The number of para-hydroxylation sites is 1. The summed E-state index contributed by atoms with van der Waals surface area (Å²) in [6.45, 7) is 5.67. The number of aromatic carboxylic acids is 1. The summed E-state index contributed by atoms with van der Waals surface area (Å²) in [6.07, 6.45) is 8.78. The maximum absolute atomic E-state index is 11.7. The number of aryl methyl sites for hydroxylation is 1. The Kier molecular flexibility index (Phi) is 6.15. The first kappa shape index (κ1) is 22.0. The number of nitrogens with zero attached hydrogens (tertiary/aromatic N) is 2. The Morgan fingerprint density at radius 3 is 2.61 bits per heavy atom. The molecule has 1 aromatic heterocycles. The lowest BCUT2D eigenvalue weighted by atomic mass is 9.81. The molecule has 3 aromatic rings. The van der Waals surface area contributed by atoms with E-state index in [0.717, 1.165) is 38.1 Å². The number of hydrogen-bond acceptors (Lipinski definition) is 3. The van der Waals surface area contributed by atoms with Crippen molar-refractivity contribution in [2.24, 2.45) is 5.73 Å². The third-order valence-corrected chi connectivity index (χ3v) is 7.52. The van der Waals surface area contributed by atoms with E-state index in [1.54, 1.807) is 6.07 Å². The molecular weight excluding hydrogens is 410 g/mol. The van der Waals surface area contributed by atoms with Gasteiger partial charge in [0.15, 0.2) is 0 Å². The van der Waals surface area contributed by atoms with Crippen molar-refractivity contribution in [3.05, 3.63) is 53.1 Å². The van der Waals surface area contributed by atoms with Crippen LogP contribution in [0.25, 0.3) is 22.2 Å². The normalized spacial score (nSPS) is 17.6. The first-order valence-electron chi connectivity index (χ1n) is 12.6. The summed E-state index contributed by atoms with van der Waals surface area (Å²) >= 11 is 0. The number of hydrogen-bond donors (Lipinski definition) is 2. The largest absolute Gasteiger partial charge is 0.478 e. The van der Waals surface area contributed by atoms with E-state index in [4.69, 9.17) is 5.73 Å². The van der Waals surface area contributed by atoms with Crippen molar-refractivity contribution in [2.75, 3.05) is 24.5 Å². The van der Waals surface area contributed by atoms with Gasteiger partial charge >= 0.3 is 5.97 Å². The molecule has 1 aliphatic carbocycles. The highest BCUT2D eigenvalue weighted by molar-refractivity contribution is 6.00. The summed E-state index contributed by atoms with van der Waals surface area (Å²) in [4.78, 5) is 14.3. The minimum absolute atomic E-state index is 0.386. The maximum Gasteiger partial charge on any atom is 0.335 e. The van der Waals surface area contributed by atoms with Crippen LogP contribution in [-0.4, -0.2) is 35.3 Å². The zero-order valence-corrected chi connectivity index (χ0v) is 19.6. The molecule has 33 heavy (non-hydrogen) atoms. The predicted molar refractivity (Wildman–Crippen MR) is 135 cm³/mol. The van der Waals surface area contributed by atoms with Crippen LogP contribution in [0.1, 0.15) is 72.9 Å². The number of aromatic nitrogens is 1. The van der Waals surface area contributed by atoms with Gasteiger partial charge in [0.05, 0.1) is 11.3 Å². The average molecular weight is 446 g/mol. The lowest BCUT2D eigenvalue weighted by Gasteiger charge is -2.32. The van der Waals surface area contributed by atoms with Gasteiger partial charge in [0.1, 0.15) is 0 Å². The van der Waals surface area contributed by atoms with E-state index in [-0.39, 0.29) is 0 Å². The molecule has 1 saturated carbocycles. The quantitative estimate of drug-likeness (QED) is 0.524. The highest BCUT2D eigenvalue weighted by atomic mass is 16.4. The van der Waals surface area contributed by atoms with E-state index >= 15 is 0 Å². The molecule has 0 radical (unpaired) electrons. The second-order valence-electron chi connectivity index (χ2n) is 9.60. The Bertz CT molecular complexity index is 1170. The molecule has 5 nitrogen and oxygen atoms in total. The smallest absolute Gasteiger partial charge is 0.335 e. The lowest BCUT2D eigenvalue weighted by Crippen LogP contribution is -2.31. The Morgan fingerprint density at radius 1 is 1.06 bits per heavy atom. The average Bonchev–Trinajstić information content (AvgIpc) is 3.07. The van der Waals surface area contributed by atoms with Gasteiger partial charge in [-0.25, -0.2) is 4.79 Å². The first-order chi connectivity index (χ1) is 16.1. The fourth-order valence-corrected chi connectivity index (χ4v) is 6.21. The lowest BCUT2D eigenvalue weighted by molar-refractivity contribution is 0.0697. The second-order valence-corrected chi connectivity index (χ2v) is 9.60. The van der Waals surface area contributed by atoms with E-state index < -0.39 is 5.97 Å². The van der Waals surface area contributed by atoms with Crippen LogP contribution in [0.5, 0.6) is 0 Å². The predicted octanol–water partition coefficient (Wildman–Crippen LogP) is 5.79. The van der Waals surface area contributed by atoms with Crippen LogP contribution in [0.3, 0.4) is 0 Å². The fraction of sp³-hybridized carbons (Fsp3) is 0.464. The van der Waals surface area contributed by atoms with Crippen molar-refractivity contribution < 1.29 is 9.90 Å². The van der Waals surface area contributed by atoms with Gasteiger partial charge in [0.2, 0.25) is 0 Å². The number of anilines is 1. The van der Waals surface area contributed by atoms with Crippen LogP contribution >= 0.6 is 0 Å². The van der Waals surface area contributed by atoms with Crippen LogP contribution in [0.4, 0.5) is 5.69 Å². The fourth-order valence-electron chi connectivity index (χ4n) is 6.21. The molecule has 0 spiro atoms. The molecule has 2 aliphatic heterocycles. The maximum atomic E-state index is 11.7. The van der Waals surface area contributed by atoms with Gasteiger partial charge in [-0.15, -0.1) is 0 Å². The van der Waals surface area contributed by atoms with E-state index in [2.05, 4.69) is 33.7 Å². The molecule has 3 heterocycles.